The summed E-state index contributed by atoms with van der Waals surface area (Å²) in [6.07, 6.45) is 3.93. The highest BCUT2D eigenvalue weighted by atomic mass is 19.1. The number of carbonyl (C=O) groups excluding carboxylic acids is 1. The number of benzene rings is 2. The first-order chi connectivity index (χ1) is 13.2. The van der Waals surface area contributed by atoms with Gasteiger partial charge in [-0.3, -0.25) is 4.79 Å². The number of nitrogens with one attached hydrogen (secondary N) is 1. The first-order valence-corrected chi connectivity index (χ1v) is 9.05. The predicted octanol–water partition coefficient (Wildman–Crippen LogP) is 4.24. The second-order valence-corrected chi connectivity index (χ2v) is 6.59. The molecule has 1 N–H and O–H groups in total. The van der Waals surface area contributed by atoms with Crippen LogP contribution in [0, 0.1) is 5.82 Å². The van der Waals surface area contributed by atoms with Gasteiger partial charge in [-0.25, -0.2) is 9.37 Å². The van der Waals surface area contributed by atoms with Crippen molar-refractivity contribution >= 4 is 17.3 Å². The molecular formula is C22H20FN3O. The molecular weight excluding hydrogens is 341 g/mol. The lowest BCUT2D eigenvalue weighted by Gasteiger charge is -2.31. The summed E-state index contributed by atoms with van der Waals surface area (Å²) < 4.78 is 12.9. The predicted molar refractivity (Wildman–Crippen MR) is 104 cm³/mol. The monoisotopic (exact) mass is 361 g/mol. The van der Waals surface area contributed by atoms with E-state index in [0.717, 1.165) is 30.6 Å². The average molecular weight is 361 g/mol. The molecule has 27 heavy (non-hydrogen) atoms. The summed E-state index contributed by atoms with van der Waals surface area (Å²) in [6.45, 7) is 1.27. The molecule has 3 aromatic rings. The number of para-hydroxylation sites is 1. The molecule has 0 saturated carbocycles. The van der Waals surface area contributed by atoms with Crippen LogP contribution in [0.2, 0.25) is 0 Å². The lowest BCUT2D eigenvalue weighted by molar-refractivity contribution is 0.0946. The largest absolute Gasteiger partial charge is 0.347 e. The Morgan fingerprint density at radius 3 is 2.67 bits per heavy atom. The Morgan fingerprint density at radius 2 is 1.89 bits per heavy atom. The fourth-order valence-corrected chi connectivity index (χ4v) is 3.36. The molecule has 136 valence electrons. The number of hydrogen-bond acceptors (Lipinski definition) is 3. The molecule has 0 aliphatic carbocycles. The van der Waals surface area contributed by atoms with Crippen LogP contribution in [-0.2, 0) is 13.0 Å². The summed E-state index contributed by atoms with van der Waals surface area (Å²) >= 11 is 0. The van der Waals surface area contributed by atoms with Gasteiger partial charge in [-0.1, -0.05) is 30.3 Å². The Morgan fingerprint density at radius 1 is 1.07 bits per heavy atom. The third kappa shape index (κ3) is 3.82. The molecule has 1 aliphatic heterocycles. The van der Waals surface area contributed by atoms with Crippen molar-refractivity contribution in [2.45, 2.75) is 19.4 Å². The van der Waals surface area contributed by atoms with Gasteiger partial charge in [0.15, 0.2) is 0 Å². The number of nitrogens with zero attached hydrogens (tertiary/aromatic N) is 2. The summed E-state index contributed by atoms with van der Waals surface area (Å²) in [5.41, 5.74) is 4.73. The number of halogens is 1. The first kappa shape index (κ1) is 17.2. The van der Waals surface area contributed by atoms with E-state index >= 15 is 0 Å². The SMILES string of the molecule is O=C(NCc1ccc(F)cc1)c1ccc(N2CCCc3ccccc32)cn1. The molecule has 1 amide bonds. The van der Waals surface area contributed by atoms with Crippen LogP contribution >= 0.6 is 0 Å². The van der Waals surface area contributed by atoms with E-state index in [4.69, 9.17) is 0 Å². The van der Waals surface area contributed by atoms with Crippen molar-refractivity contribution in [1.29, 1.82) is 0 Å². The van der Waals surface area contributed by atoms with Crippen molar-refractivity contribution < 1.29 is 9.18 Å². The zero-order valence-corrected chi connectivity index (χ0v) is 14.9. The quantitative estimate of drug-likeness (QED) is 0.756. The minimum absolute atomic E-state index is 0.245. The molecule has 0 bridgehead atoms. The lowest BCUT2D eigenvalue weighted by Crippen LogP contribution is -2.26. The Hall–Kier alpha value is -3.21. The number of rotatable bonds is 4. The molecule has 0 unspecified atom stereocenters. The minimum atomic E-state index is -0.290. The average Bonchev–Trinajstić information content (AvgIpc) is 2.73. The Labute approximate surface area is 157 Å². The third-order valence-electron chi connectivity index (χ3n) is 4.77. The number of pyridine rings is 1. The first-order valence-electron chi connectivity index (χ1n) is 9.05. The van der Waals surface area contributed by atoms with Gasteiger partial charge < -0.3 is 10.2 Å². The van der Waals surface area contributed by atoms with Gasteiger partial charge in [0.1, 0.15) is 11.5 Å². The maximum absolute atomic E-state index is 12.9. The second-order valence-electron chi connectivity index (χ2n) is 6.59. The zero-order valence-electron chi connectivity index (χ0n) is 14.9. The van der Waals surface area contributed by atoms with E-state index in [1.165, 1.54) is 23.4 Å². The van der Waals surface area contributed by atoms with E-state index < -0.39 is 0 Å². The van der Waals surface area contributed by atoms with Gasteiger partial charge in [-0.15, -0.1) is 0 Å². The summed E-state index contributed by atoms with van der Waals surface area (Å²) in [5, 5.41) is 2.81. The molecule has 0 fully saturated rings. The molecule has 0 radical (unpaired) electrons. The summed E-state index contributed by atoms with van der Waals surface area (Å²) in [6, 6.07) is 18.1. The van der Waals surface area contributed by atoms with Crippen LogP contribution in [-0.4, -0.2) is 17.4 Å². The molecule has 0 saturated heterocycles. The van der Waals surface area contributed by atoms with Gasteiger partial charge in [0.05, 0.1) is 11.9 Å². The van der Waals surface area contributed by atoms with Crippen molar-refractivity contribution in [2.75, 3.05) is 11.4 Å². The highest BCUT2D eigenvalue weighted by Gasteiger charge is 2.18. The molecule has 5 heteroatoms. The molecule has 2 aromatic carbocycles. The molecule has 4 rings (SSSR count). The normalized spacial score (nSPS) is 13.1. The zero-order chi connectivity index (χ0) is 18.6. The van der Waals surface area contributed by atoms with Gasteiger partial charge in [0, 0.05) is 18.8 Å². The van der Waals surface area contributed by atoms with Gasteiger partial charge in [0.25, 0.3) is 5.91 Å². The second kappa shape index (κ2) is 7.58. The van der Waals surface area contributed by atoms with Crippen LogP contribution in [0.3, 0.4) is 0 Å². The fourth-order valence-electron chi connectivity index (χ4n) is 3.36. The van der Waals surface area contributed by atoms with E-state index in [-0.39, 0.29) is 11.7 Å². The number of aryl methyl sites for hydroxylation is 1. The molecule has 0 spiro atoms. The summed E-state index contributed by atoms with van der Waals surface area (Å²) in [7, 11) is 0. The molecule has 1 aliphatic rings. The Bertz CT molecular complexity index is 939. The maximum atomic E-state index is 12.9. The smallest absolute Gasteiger partial charge is 0.270 e. The van der Waals surface area contributed by atoms with Crippen LogP contribution in [0.25, 0.3) is 0 Å². The van der Waals surface area contributed by atoms with Crippen LogP contribution in [0.15, 0.2) is 66.9 Å². The Kier molecular flexibility index (Phi) is 4.83. The van der Waals surface area contributed by atoms with Crippen molar-refractivity contribution in [3.8, 4) is 0 Å². The van der Waals surface area contributed by atoms with Crippen LogP contribution in [0.4, 0.5) is 15.8 Å². The standard InChI is InChI=1S/C22H20FN3O/c23-18-9-7-16(8-10-18)14-25-22(27)20-12-11-19(15-24-20)26-13-3-5-17-4-1-2-6-21(17)26/h1-2,4,6-12,15H,3,5,13-14H2,(H,25,27). The summed E-state index contributed by atoms with van der Waals surface area (Å²) in [5.74, 6) is -0.536. The van der Waals surface area contributed by atoms with Gasteiger partial charge >= 0.3 is 0 Å². The van der Waals surface area contributed by atoms with Crippen LogP contribution < -0.4 is 10.2 Å². The summed E-state index contributed by atoms with van der Waals surface area (Å²) in [4.78, 5) is 18.9. The van der Waals surface area contributed by atoms with Crippen LogP contribution in [0.1, 0.15) is 28.0 Å². The number of aromatic nitrogens is 1. The number of carbonyl (C=O) groups is 1. The lowest BCUT2D eigenvalue weighted by atomic mass is 10.0. The topological polar surface area (TPSA) is 45.2 Å². The van der Waals surface area contributed by atoms with E-state index in [9.17, 15) is 9.18 Å². The maximum Gasteiger partial charge on any atom is 0.270 e. The number of hydrogen-bond donors (Lipinski definition) is 1. The fraction of sp³-hybridized carbons (Fsp3) is 0.182. The van der Waals surface area contributed by atoms with E-state index in [1.807, 2.05) is 12.1 Å². The van der Waals surface area contributed by atoms with Crippen molar-refractivity contribution in [3.63, 3.8) is 0 Å². The van der Waals surface area contributed by atoms with Gasteiger partial charge in [0.2, 0.25) is 0 Å². The number of anilines is 2. The third-order valence-corrected chi connectivity index (χ3v) is 4.77. The van der Waals surface area contributed by atoms with E-state index in [2.05, 4.69) is 33.4 Å². The van der Waals surface area contributed by atoms with Gasteiger partial charge in [-0.2, -0.15) is 0 Å². The van der Waals surface area contributed by atoms with Crippen molar-refractivity contribution in [1.82, 2.24) is 10.3 Å². The highest BCUT2D eigenvalue weighted by Crippen LogP contribution is 2.32. The van der Waals surface area contributed by atoms with Crippen molar-refractivity contribution in [2.24, 2.45) is 0 Å². The van der Waals surface area contributed by atoms with E-state index in [0.29, 0.717) is 12.2 Å². The van der Waals surface area contributed by atoms with E-state index in [1.54, 1.807) is 24.4 Å². The Balaban J connectivity index is 1.44. The molecule has 0 atom stereocenters. The highest BCUT2D eigenvalue weighted by molar-refractivity contribution is 5.92. The minimum Gasteiger partial charge on any atom is -0.347 e. The number of amides is 1. The molecule has 2 heterocycles. The van der Waals surface area contributed by atoms with Gasteiger partial charge in [-0.05, 0) is 54.3 Å². The molecule has 4 nitrogen and oxygen atoms in total. The van der Waals surface area contributed by atoms with Crippen LogP contribution in [0.5, 0.6) is 0 Å². The number of fused-ring (bicyclic) bond motifs is 1. The molecule has 1 aromatic heterocycles. The van der Waals surface area contributed by atoms with Crippen molar-refractivity contribution in [3.05, 3.63) is 89.5 Å².